The summed E-state index contributed by atoms with van der Waals surface area (Å²) in [4.78, 5) is 33.1. The standard InChI is InChI=1S/C35H40N6O2/c1-22-16-18-41(19-17-22)31-15-14-26(20-28(31)36)37-32-34(43)40(6)21-30(38-32)27-8-7-9-29(23(27)2)39-33(42)24-10-12-25(13-11-24)35(3,4)5/h7-15,20-21H,1,16-19,36H2,2-6H3,(H,37,38)(H,39,42). The van der Waals surface area contributed by atoms with Crippen LogP contribution in [0, 0.1) is 6.92 Å². The highest BCUT2D eigenvalue weighted by molar-refractivity contribution is 6.05. The third kappa shape index (κ3) is 6.48. The van der Waals surface area contributed by atoms with Crippen LogP contribution in [0.2, 0.25) is 0 Å². The molecule has 0 radical (unpaired) electrons. The second kappa shape index (κ2) is 11.8. The number of aryl methyl sites for hydroxylation is 1. The van der Waals surface area contributed by atoms with Crippen molar-refractivity contribution in [2.24, 2.45) is 7.05 Å². The number of hydrogen-bond donors (Lipinski definition) is 3. The van der Waals surface area contributed by atoms with E-state index in [0.29, 0.717) is 28.3 Å². The maximum atomic E-state index is 13.1. The smallest absolute Gasteiger partial charge is 0.293 e. The van der Waals surface area contributed by atoms with E-state index in [2.05, 4.69) is 42.9 Å². The second-order valence-corrected chi connectivity index (χ2v) is 12.3. The number of benzene rings is 3. The molecule has 222 valence electrons. The van der Waals surface area contributed by atoms with Crippen molar-refractivity contribution in [1.29, 1.82) is 0 Å². The average Bonchev–Trinajstić information content (AvgIpc) is 2.97. The minimum absolute atomic E-state index is 0.00979. The average molecular weight is 577 g/mol. The lowest BCUT2D eigenvalue weighted by atomic mass is 9.86. The molecule has 0 saturated carbocycles. The molecular formula is C35H40N6O2. The van der Waals surface area contributed by atoms with E-state index in [1.807, 2.05) is 67.6 Å². The summed E-state index contributed by atoms with van der Waals surface area (Å²) in [5, 5.41) is 6.22. The van der Waals surface area contributed by atoms with Gasteiger partial charge in [0.2, 0.25) is 0 Å². The summed E-state index contributed by atoms with van der Waals surface area (Å²) in [6.07, 6.45) is 3.62. The maximum absolute atomic E-state index is 13.1. The Morgan fingerprint density at radius 3 is 2.37 bits per heavy atom. The molecular weight excluding hydrogens is 536 g/mol. The fourth-order valence-electron chi connectivity index (χ4n) is 5.30. The topological polar surface area (TPSA) is 105 Å². The molecule has 1 amide bonds. The maximum Gasteiger partial charge on any atom is 0.293 e. The molecule has 2 heterocycles. The molecule has 1 aliphatic rings. The highest BCUT2D eigenvalue weighted by Crippen LogP contribution is 2.32. The third-order valence-corrected chi connectivity index (χ3v) is 8.04. The number of nitrogens with two attached hydrogens (primary N) is 1. The van der Waals surface area contributed by atoms with Crippen molar-refractivity contribution in [1.82, 2.24) is 9.55 Å². The Morgan fingerprint density at radius 1 is 1.02 bits per heavy atom. The molecule has 3 aromatic carbocycles. The third-order valence-electron chi connectivity index (χ3n) is 8.04. The van der Waals surface area contributed by atoms with Gasteiger partial charge in [-0.2, -0.15) is 0 Å². The number of carbonyl (C=O) groups is 1. The van der Waals surface area contributed by atoms with Crippen LogP contribution in [0.15, 0.2) is 83.8 Å². The summed E-state index contributed by atoms with van der Waals surface area (Å²) >= 11 is 0. The van der Waals surface area contributed by atoms with E-state index in [-0.39, 0.29) is 22.7 Å². The molecule has 0 spiro atoms. The molecule has 1 aromatic heterocycles. The van der Waals surface area contributed by atoms with Crippen molar-refractivity contribution in [3.05, 3.63) is 106 Å². The van der Waals surface area contributed by atoms with Gasteiger partial charge >= 0.3 is 0 Å². The van der Waals surface area contributed by atoms with Crippen molar-refractivity contribution in [2.45, 2.75) is 46.0 Å². The van der Waals surface area contributed by atoms with E-state index >= 15 is 0 Å². The van der Waals surface area contributed by atoms with Gasteiger partial charge in [0.25, 0.3) is 11.5 Å². The van der Waals surface area contributed by atoms with Crippen molar-refractivity contribution in [3.8, 4) is 11.3 Å². The van der Waals surface area contributed by atoms with Crippen LogP contribution >= 0.6 is 0 Å². The second-order valence-electron chi connectivity index (χ2n) is 12.3. The van der Waals surface area contributed by atoms with Crippen LogP contribution in [0.25, 0.3) is 11.3 Å². The summed E-state index contributed by atoms with van der Waals surface area (Å²) in [6, 6.07) is 19.1. The fraction of sp³-hybridized carbons (Fsp3) is 0.286. The van der Waals surface area contributed by atoms with Gasteiger partial charge in [-0.1, -0.05) is 57.2 Å². The summed E-state index contributed by atoms with van der Waals surface area (Å²) in [7, 11) is 1.70. The van der Waals surface area contributed by atoms with Gasteiger partial charge in [-0.15, -0.1) is 0 Å². The number of hydrogen-bond acceptors (Lipinski definition) is 6. The predicted octanol–water partition coefficient (Wildman–Crippen LogP) is 6.79. The fourth-order valence-corrected chi connectivity index (χ4v) is 5.30. The van der Waals surface area contributed by atoms with Gasteiger partial charge in [0, 0.05) is 48.8 Å². The number of aromatic nitrogens is 2. The Bertz CT molecular complexity index is 1740. The highest BCUT2D eigenvalue weighted by atomic mass is 16.1. The molecule has 5 rings (SSSR count). The molecule has 0 bridgehead atoms. The van der Waals surface area contributed by atoms with Crippen LogP contribution in [0.1, 0.15) is 55.1 Å². The van der Waals surface area contributed by atoms with E-state index in [4.69, 9.17) is 10.7 Å². The molecule has 0 aliphatic carbocycles. The Morgan fingerprint density at radius 2 is 1.72 bits per heavy atom. The Kier molecular flexibility index (Phi) is 8.13. The number of amides is 1. The van der Waals surface area contributed by atoms with Gasteiger partial charge in [0.1, 0.15) is 0 Å². The molecule has 1 saturated heterocycles. The lowest BCUT2D eigenvalue weighted by molar-refractivity contribution is 0.102. The zero-order valence-corrected chi connectivity index (χ0v) is 25.6. The summed E-state index contributed by atoms with van der Waals surface area (Å²) in [5.74, 6) is 0.00112. The van der Waals surface area contributed by atoms with E-state index in [1.165, 1.54) is 15.7 Å². The van der Waals surface area contributed by atoms with Crippen LogP contribution in [0.5, 0.6) is 0 Å². The molecule has 4 aromatic rings. The number of nitrogen functional groups attached to an aromatic ring is 1. The van der Waals surface area contributed by atoms with Crippen LogP contribution in [-0.4, -0.2) is 28.5 Å². The first-order valence-electron chi connectivity index (χ1n) is 14.6. The first-order chi connectivity index (χ1) is 20.4. The van der Waals surface area contributed by atoms with E-state index < -0.39 is 0 Å². The lowest BCUT2D eigenvalue weighted by Gasteiger charge is -2.31. The van der Waals surface area contributed by atoms with Crippen molar-refractivity contribution >= 4 is 34.5 Å². The van der Waals surface area contributed by atoms with Crippen LogP contribution in [-0.2, 0) is 12.5 Å². The van der Waals surface area contributed by atoms with Gasteiger partial charge in [-0.3, -0.25) is 9.59 Å². The molecule has 1 aliphatic heterocycles. The highest BCUT2D eigenvalue weighted by Gasteiger charge is 2.18. The van der Waals surface area contributed by atoms with E-state index in [1.54, 1.807) is 13.2 Å². The summed E-state index contributed by atoms with van der Waals surface area (Å²) in [5.41, 5.74) is 14.4. The number of anilines is 5. The van der Waals surface area contributed by atoms with Gasteiger partial charge < -0.3 is 25.8 Å². The van der Waals surface area contributed by atoms with Crippen molar-refractivity contribution in [2.75, 3.05) is 34.4 Å². The first-order valence-corrected chi connectivity index (χ1v) is 14.6. The molecule has 43 heavy (non-hydrogen) atoms. The molecule has 8 heteroatoms. The van der Waals surface area contributed by atoms with Gasteiger partial charge in [-0.25, -0.2) is 4.98 Å². The van der Waals surface area contributed by atoms with Gasteiger partial charge in [0.05, 0.1) is 17.1 Å². The minimum Gasteiger partial charge on any atom is -0.397 e. The van der Waals surface area contributed by atoms with E-state index in [9.17, 15) is 9.59 Å². The largest absolute Gasteiger partial charge is 0.397 e. The van der Waals surface area contributed by atoms with Gasteiger partial charge in [-0.05, 0) is 72.7 Å². The number of nitrogens with zero attached hydrogens (tertiary/aromatic N) is 3. The zero-order valence-electron chi connectivity index (χ0n) is 25.6. The normalized spacial score (nSPS) is 13.6. The van der Waals surface area contributed by atoms with Crippen molar-refractivity contribution in [3.63, 3.8) is 0 Å². The monoisotopic (exact) mass is 576 g/mol. The Labute approximate surface area is 253 Å². The Balaban J connectivity index is 1.38. The summed E-state index contributed by atoms with van der Waals surface area (Å²) in [6.45, 7) is 14.2. The van der Waals surface area contributed by atoms with Crippen LogP contribution in [0.4, 0.5) is 28.6 Å². The van der Waals surface area contributed by atoms with Crippen LogP contribution in [0.3, 0.4) is 0 Å². The number of nitrogens with one attached hydrogen (secondary N) is 2. The quantitative estimate of drug-likeness (QED) is 0.172. The molecule has 8 nitrogen and oxygen atoms in total. The first kappa shape index (κ1) is 29.6. The molecule has 0 unspecified atom stereocenters. The number of carbonyl (C=O) groups excluding carboxylic acids is 1. The lowest BCUT2D eigenvalue weighted by Crippen LogP contribution is -2.30. The van der Waals surface area contributed by atoms with Gasteiger partial charge in [0.15, 0.2) is 5.82 Å². The molecule has 4 N–H and O–H groups in total. The Hall–Kier alpha value is -4.85. The zero-order chi connectivity index (χ0) is 30.9. The molecule has 1 fully saturated rings. The van der Waals surface area contributed by atoms with E-state index in [0.717, 1.165) is 42.7 Å². The SMILES string of the molecule is C=C1CCN(c2ccc(Nc3nc(-c4cccc(NC(=O)c5ccc(C(C)(C)C)cc5)c4C)cn(C)c3=O)cc2N)CC1. The van der Waals surface area contributed by atoms with Crippen molar-refractivity contribution < 1.29 is 4.79 Å². The van der Waals surface area contributed by atoms with Crippen LogP contribution < -0.4 is 26.8 Å². The number of rotatable bonds is 6. The minimum atomic E-state index is -0.262. The molecule has 0 atom stereocenters. The predicted molar refractivity (Wildman–Crippen MR) is 177 cm³/mol. The number of piperidine rings is 1. The summed E-state index contributed by atoms with van der Waals surface area (Å²) < 4.78 is 1.50.